The van der Waals surface area contributed by atoms with Crippen LogP contribution in [-0.2, 0) is 9.53 Å². The third kappa shape index (κ3) is 8.50. The van der Waals surface area contributed by atoms with Crippen molar-refractivity contribution in [3.63, 3.8) is 0 Å². The number of ether oxygens (including phenoxy) is 1. The molecule has 134 valence electrons. The number of amides is 3. The Labute approximate surface area is 143 Å². The van der Waals surface area contributed by atoms with Crippen molar-refractivity contribution in [1.29, 1.82) is 0 Å². The van der Waals surface area contributed by atoms with Gasteiger partial charge < -0.3 is 25.6 Å². The minimum Gasteiger partial charge on any atom is -0.383 e. The van der Waals surface area contributed by atoms with Crippen molar-refractivity contribution >= 4 is 23.3 Å². The normalized spacial score (nSPS) is 10.5. The Morgan fingerprint density at radius 3 is 2.29 bits per heavy atom. The number of rotatable bonds is 10. The van der Waals surface area contributed by atoms with Crippen LogP contribution in [0.2, 0.25) is 0 Å². The fourth-order valence-electron chi connectivity index (χ4n) is 1.97. The fraction of sp³-hybridized carbons (Fsp3) is 0.529. The van der Waals surface area contributed by atoms with Gasteiger partial charge in [-0.1, -0.05) is 6.92 Å². The molecule has 0 heterocycles. The van der Waals surface area contributed by atoms with Gasteiger partial charge in [-0.25, -0.2) is 4.79 Å². The molecule has 3 N–H and O–H groups in total. The highest BCUT2D eigenvalue weighted by atomic mass is 16.5. The second kappa shape index (κ2) is 11.4. The Hall–Kier alpha value is -2.12. The lowest BCUT2D eigenvalue weighted by Crippen LogP contribution is -2.32. The van der Waals surface area contributed by atoms with Gasteiger partial charge in [-0.2, -0.15) is 0 Å². The van der Waals surface area contributed by atoms with Crippen molar-refractivity contribution in [3.8, 4) is 0 Å². The van der Waals surface area contributed by atoms with Gasteiger partial charge in [-0.05, 0) is 44.3 Å². The number of likely N-dealkylation sites (N-methyl/N-ethyl adjacent to an activating group) is 1. The van der Waals surface area contributed by atoms with Crippen molar-refractivity contribution in [2.24, 2.45) is 0 Å². The quantitative estimate of drug-likeness (QED) is 0.572. The molecule has 0 fully saturated rings. The molecule has 1 rings (SSSR count). The van der Waals surface area contributed by atoms with Gasteiger partial charge in [0.25, 0.3) is 0 Å². The van der Waals surface area contributed by atoms with Crippen LogP contribution < -0.4 is 16.0 Å². The van der Waals surface area contributed by atoms with Crippen LogP contribution in [0.25, 0.3) is 0 Å². The molecule has 1 aromatic carbocycles. The van der Waals surface area contributed by atoms with Gasteiger partial charge in [-0.15, -0.1) is 0 Å². The standard InChI is InChI=1S/C17H28N4O3/c1-4-16(22)19-14-6-8-15(9-7-14)20-17(23)18-10-5-11-21(2)12-13-24-3/h6-9H,4-5,10-13H2,1-3H3,(H,19,22)(H2,18,20,23). The Kier molecular flexibility index (Phi) is 9.48. The summed E-state index contributed by atoms with van der Waals surface area (Å²) in [4.78, 5) is 25.3. The zero-order valence-corrected chi connectivity index (χ0v) is 14.7. The lowest BCUT2D eigenvalue weighted by atomic mass is 10.2. The molecular formula is C17H28N4O3. The van der Waals surface area contributed by atoms with Crippen molar-refractivity contribution in [1.82, 2.24) is 10.2 Å². The number of methoxy groups -OCH3 is 1. The van der Waals surface area contributed by atoms with Gasteiger partial charge in [0.1, 0.15) is 0 Å². The number of hydrogen-bond donors (Lipinski definition) is 3. The van der Waals surface area contributed by atoms with E-state index in [1.807, 2.05) is 7.05 Å². The van der Waals surface area contributed by atoms with Crippen LogP contribution >= 0.6 is 0 Å². The summed E-state index contributed by atoms with van der Waals surface area (Å²) in [5.74, 6) is -0.0380. The maximum absolute atomic E-state index is 11.8. The minimum atomic E-state index is -0.236. The summed E-state index contributed by atoms with van der Waals surface area (Å²) < 4.78 is 5.01. The molecule has 1 aromatic rings. The van der Waals surface area contributed by atoms with Gasteiger partial charge in [-0.3, -0.25) is 4.79 Å². The van der Waals surface area contributed by atoms with Crippen LogP contribution in [0.3, 0.4) is 0 Å². The summed E-state index contributed by atoms with van der Waals surface area (Å²) >= 11 is 0. The molecule has 0 saturated carbocycles. The third-order valence-electron chi connectivity index (χ3n) is 3.43. The van der Waals surface area contributed by atoms with Crippen LogP contribution in [0, 0.1) is 0 Å². The van der Waals surface area contributed by atoms with Crippen LogP contribution in [0.1, 0.15) is 19.8 Å². The molecule has 0 spiro atoms. The Morgan fingerprint density at radius 2 is 1.71 bits per heavy atom. The van der Waals surface area contributed by atoms with Crippen molar-refractivity contribution in [2.75, 3.05) is 51.0 Å². The largest absolute Gasteiger partial charge is 0.383 e. The maximum Gasteiger partial charge on any atom is 0.319 e. The van der Waals surface area contributed by atoms with Crippen LogP contribution in [-0.4, -0.2) is 57.2 Å². The van der Waals surface area contributed by atoms with Crippen molar-refractivity contribution in [3.05, 3.63) is 24.3 Å². The topological polar surface area (TPSA) is 82.7 Å². The van der Waals surface area contributed by atoms with E-state index >= 15 is 0 Å². The monoisotopic (exact) mass is 336 g/mol. The van der Waals surface area contributed by atoms with E-state index < -0.39 is 0 Å². The number of anilines is 2. The number of carbonyl (C=O) groups excluding carboxylic acids is 2. The van der Waals surface area contributed by atoms with Gasteiger partial charge in [0.2, 0.25) is 5.91 Å². The average Bonchev–Trinajstić information content (AvgIpc) is 2.58. The van der Waals surface area contributed by atoms with E-state index in [0.717, 1.165) is 19.5 Å². The summed E-state index contributed by atoms with van der Waals surface area (Å²) in [5.41, 5.74) is 1.39. The van der Waals surface area contributed by atoms with E-state index in [4.69, 9.17) is 4.74 Å². The molecule has 24 heavy (non-hydrogen) atoms. The molecule has 0 aliphatic carbocycles. The summed E-state index contributed by atoms with van der Waals surface area (Å²) in [6, 6.07) is 6.79. The summed E-state index contributed by atoms with van der Waals surface area (Å²) in [5, 5.41) is 8.34. The first-order valence-electron chi connectivity index (χ1n) is 8.17. The Bertz CT molecular complexity index is 505. The van der Waals surface area contributed by atoms with Crippen LogP contribution in [0.4, 0.5) is 16.2 Å². The average molecular weight is 336 g/mol. The molecule has 7 heteroatoms. The summed E-state index contributed by atoms with van der Waals surface area (Å²) in [6.07, 6.45) is 1.30. The zero-order chi connectivity index (χ0) is 17.8. The smallest absolute Gasteiger partial charge is 0.319 e. The first kappa shape index (κ1) is 19.9. The number of hydrogen-bond acceptors (Lipinski definition) is 4. The van der Waals surface area contributed by atoms with Crippen LogP contribution in [0.15, 0.2) is 24.3 Å². The number of nitrogens with one attached hydrogen (secondary N) is 3. The first-order chi connectivity index (χ1) is 11.5. The third-order valence-corrected chi connectivity index (χ3v) is 3.43. The molecule has 7 nitrogen and oxygen atoms in total. The molecule has 0 unspecified atom stereocenters. The van der Waals surface area contributed by atoms with Gasteiger partial charge in [0.05, 0.1) is 6.61 Å². The predicted octanol–water partition coefficient (Wildman–Crippen LogP) is 2.12. The SMILES string of the molecule is CCC(=O)Nc1ccc(NC(=O)NCCCN(C)CCOC)cc1. The molecule has 0 atom stereocenters. The molecular weight excluding hydrogens is 308 g/mol. The zero-order valence-electron chi connectivity index (χ0n) is 14.7. The molecule has 0 bridgehead atoms. The van der Waals surface area contributed by atoms with E-state index in [0.29, 0.717) is 30.9 Å². The highest BCUT2D eigenvalue weighted by Gasteiger charge is 2.03. The summed E-state index contributed by atoms with van der Waals surface area (Å²) in [7, 11) is 3.71. The molecule has 0 radical (unpaired) electrons. The van der Waals surface area contributed by atoms with Crippen molar-refractivity contribution in [2.45, 2.75) is 19.8 Å². The number of urea groups is 1. The van der Waals surface area contributed by atoms with E-state index in [-0.39, 0.29) is 11.9 Å². The van der Waals surface area contributed by atoms with Gasteiger partial charge >= 0.3 is 6.03 Å². The number of carbonyl (C=O) groups is 2. The van der Waals surface area contributed by atoms with Crippen LogP contribution in [0.5, 0.6) is 0 Å². The van der Waals surface area contributed by atoms with Gasteiger partial charge in [0, 0.05) is 38.0 Å². The van der Waals surface area contributed by atoms with Crippen molar-refractivity contribution < 1.29 is 14.3 Å². The highest BCUT2D eigenvalue weighted by molar-refractivity contribution is 5.92. The summed E-state index contributed by atoms with van der Waals surface area (Å²) in [6.45, 7) is 4.89. The second-order valence-electron chi connectivity index (χ2n) is 5.51. The molecule has 0 aromatic heterocycles. The molecule has 3 amide bonds. The number of benzene rings is 1. The Balaban J connectivity index is 2.24. The first-order valence-corrected chi connectivity index (χ1v) is 8.17. The Morgan fingerprint density at radius 1 is 1.08 bits per heavy atom. The predicted molar refractivity (Wildman–Crippen MR) is 96.4 cm³/mol. The second-order valence-corrected chi connectivity index (χ2v) is 5.51. The minimum absolute atomic E-state index is 0.0380. The molecule has 0 aliphatic rings. The lowest BCUT2D eigenvalue weighted by molar-refractivity contribution is -0.115. The molecule has 0 saturated heterocycles. The van der Waals surface area contributed by atoms with E-state index in [9.17, 15) is 9.59 Å². The fourth-order valence-corrected chi connectivity index (χ4v) is 1.97. The van der Waals surface area contributed by atoms with E-state index in [1.165, 1.54) is 0 Å². The van der Waals surface area contributed by atoms with E-state index in [1.54, 1.807) is 38.3 Å². The number of nitrogens with zero attached hydrogens (tertiary/aromatic N) is 1. The maximum atomic E-state index is 11.8. The van der Waals surface area contributed by atoms with Gasteiger partial charge in [0.15, 0.2) is 0 Å². The highest BCUT2D eigenvalue weighted by Crippen LogP contribution is 2.13. The lowest BCUT2D eigenvalue weighted by Gasteiger charge is -2.16. The molecule has 0 aliphatic heterocycles. The van der Waals surface area contributed by atoms with E-state index in [2.05, 4.69) is 20.9 Å².